The number of carbonyl (C=O) groups excluding carboxylic acids is 1. The van der Waals surface area contributed by atoms with Crippen LogP contribution in [0.3, 0.4) is 0 Å². The molecule has 1 saturated heterocycles. The molecule has 7 heteroatoms. The minimum absolute atomic E-state index is 0.0241. The van der Waals surface area contributed by atoms with Gasteiger partial charge in [-0.05, 0) is 25.7 Å². The maximum atomic E-state index is 11.7. The molecular formula is C11H19NO5S. The largest absolute Gasteiger partial charge is 0.480 e. The summed E-state index contributed by atoms with van der Waals surface area (Å²) < 4.78 is 22.5. The molecule has 2 N–H and O–H groups in total. The highest BCUT2D eigenvalue weighted by molar-refractivity contribution is 7.91. The Balaban J connectivity index is 2.55. The Labute approximate surface area is 107 Å². The highest BCUT2D eigenvalue weighted by atomic mass is 32.2. The zero-order valence-electron chi connectivity index (χ0n) is 10.6. The summed E-state index contributed by atoms with van der Waals surface area (Å²) >= 11 is 0. The van der Waals surface area contributed by atoms with E-state index in [1.807, 2.05) is 0 Å². The summed E-state index contributed by atoms with van der Waals surface area (Å²) in [5, 5.41) is 11.5. The van der Waals surface area contributed by atoms with Gasteiger partial charge in [0.25, 0.3) is 0 Å². The van der Waals surface area contributed by atoms with Crippen LogP contribution < -0.4 is 5.32 Å². The molecule has 0 spiro atoms. The average molecular weight is 277 g/mol. The topological polar surface area (TPSA) is 101 Å². The van der Waals surface area contributed by atoms with Crippen molar-refractivity contribution in [2.45, 2.75) is 38.6 Å². The number of hydrogen-bond donors (Lipinski definition) is 2. The van der Waals surface area contributed by atoms with E-state index in [-0.39, 0.29) is 30.3 Å². The third-order valence-corrected chi connectivity index (χ3v) is 5.23. The summed E-state index contributed by atoms with van der Waals surface area (Å²) in [6, 6.07) is 0. The lowest BCUT2D eigenvalue weighted by Crippen LogP contribution is -2.52. The molecule has 0 bridgehead atoms. The van der Waals surface area contributed by atoms with Gasteiger partial charge in [0.2, 0.25) is 5.91 Å². The second-order valence-electron chi connectivity index (χ2n) is 5.01. The third kappa shape index (κ3) is 3.69. The number of carbonyl (C=O) groups is 2. The van der Waals surface area contributed by atoms with Crippen molar-refractivity contribution in [3.8, 4) is 0 Å². The summed E-state index contributed by atoms with van der Waals surface area (Å²) in [4.78, 5) is 22.7. The van der Waals surface area contributed by atoms with Crippen molar-refractivity contribution in [3.63, 3.8) is 0 Å². The van der Waals surface area contributed by atoms with Gasteiger partial charge in [0.05, 0.1) is 11.5 Å². The Morgan fingerprint density at radius 1 is 1.44 bits per heavy atom. The Morgan fingerprint density at radius 2 is 2.06 bits per heavy atom. The van der Waals surface area contributed by atoms with Crippen molar-refractivity contribution in [2.24, 2.45) is 5.92 Å². The monoisotopic (exact) mass is 277 g/mol. The third-order valence-electron chi connectivity index (χ3n) is 3.40. The quantitative estimate of drug-likeness (QED) is 0.746. The molecule has 0 aliphatic carbocycles. The van der Waals surface area contributed by atoms with Crippen LogP contribution in [-0.4, -0.2) is 42.4 Å². The van der Waals surface area contributed by atoms with E-state index in [1.54, 1.807) is 6.92 Å². The number of aliphatic carboxylic acids is 1. The molecule has 1 amide bonds. The Kier molecular flexibility index (Phi) is 4.37. The van der Waals surface area contributed by atoms with Gasteiger partial charge in [0, 0.05) is 6.42 Å². The maximum Gasteiger partial charge on any atom is 0.329 e. The van der Waals surface area contributed by atoms with Crippen LogP contribution in [0.4, 0.5) is 0 Å². The van der Waals surface area contributed by atoms with E-state index in [9.17, 15) is 18.0 Å². The number of nitrogens with one attached hydrogen (secondary N) is 1. The highest BCUT2D eigenvalue weighted by Gasteiger charge is 2.35. The van der Waals surface area contributed by atoms with Crippen LogP contribution in [0.2, 0.25) is 0 Å². The summed E-state index contributed by atoms with van der Waals surface area (Å²) in [7, 11) is -3.00. The first-order valence-electron chi connectivity index (χ1n) is 5.93. The predicted molar refractivity (Wildman–Crippen MR) is 65.9 cm³/mol. The normalized spacial score (nSPS) is 25.3. The van der Waals surface area contributed by atoms with Crippen LogP contribution in [0.1, 0.15) is 33.1 Å². The molecule has 2 unspecified atom stereocenters. The number of carboxylic acid groups (broad SMARTS) is 1. The van der Waals surface area contributed by atoms with Gasteiger partial charge in [-0.1, -0.05) is 6.92 Å². The smallest absolute Gasteiger partial charge is 0.329 e. The number of rotatable bonds is 5. The molecule has 1 rings (SSSR count). The van der Waals surface area contributed by atoms with Crippen LogP contribution in [0, 0.1) is 5.92 Å². The fraction of sp³-hybridized carbons (Fsp3) is 0.818. The fourth-order valence-electron chi connectivity index (χ4n) is 1.95. The summed E-state index contributed by atoms with van der Waals surface area (Å²) in [5.41, 5.74) is -1.28. The molecule has 0 aromatic carbocycles. The SMILES string of the molecule is CCC(C)(NC(=O)CC1CCS(=O)(=O)C1)C(=O)O. The number of sulfone groups is 1. The van der Waals surface area contributed by atoms with Gasteiger partial charge in [-0.3, -0.25) is 4.79 Å². The van der Waals surface area contributed by atoms with Crippen molar-refractivity contribution in [1.29, 1.82) is 0 Å². The molecule has 6 nitrogen and oxygen atoms in total. The molecule has 18 heavy (non-hydrogen) atoms. The average Bonchev–Trinajstić information content (AvgIpc) is 2.57. The van der Waals surface area contributed by atoms with E-state index in [4.69, 9.17) is 5.11 Å². The molecule has 0 aromatic rings. The summed E-state index contributed by atoms with van der Waals surface area (Å²) in [6.07, 6.45) is 0.824. The molecule has 1 heterocycles. The molecule has 104 valence electrons. The minimum atomic E-state index is -3.00. The standard InChI is InChI=1S/C11H19NO5S/c1-3-11(2,10(14)15)12-9(13)6-8-4-5-18(16,17)7-8/h8H,3-7H2,1-2H3,(H,12,13)(H,14,15). The van der Waals surface area contributed by atoms with E-state index >= 15 is 0 Å². The fourth-order valence-corrected chi connectivity index (χ4v) is 3.81. The predicted octanol–water partition coefficient (Wildman–Crippen LogP) is 0.181. The Hall–Kier alpha value is -1.11. The van der Waals surface area contributed by atoms with Gasteiger partial charge in [-0.15, -0.1) is 0 Å². The second-order valence-corrected chi connectivity index (χ2v) is 7.24. The minimum Gasteiger partial charge on any atom is -0.480 e. The van der Waals surface area contributed by atoms with Gasteiger partial charge in [-0.2, -0.15) is 0 Å². The second kappa shape index (κ2) is 5.26. The van der Waals surface area contributed by atoms with Crippen LogP contribution in [-0.2, 0) is 19.4 Å². The zero-order chi connectivity index (χ0) is 14.0. The zero-order valence-corrected chi connectivity index (χ0v) is 11.4. The van der Waals surface area contributed by atoms with Gasteiger partial charge in [0.15, 0.2) is 9.84 Å². The van der Waals surface area contributed by atoms with E-state index in [0.29, 0.717) is 6.42 Å². The molecule has 0 saturated carbocycles. The first-order chi connectivity index (χ1) is 8.18. The molecule has 1 fully saturated rings. The molecule has 1 aliphatic heterocycles. The van der Waals surface area contributed by atoms with Crippen LogP contribution >= 0.6 is 0 Å². The van der Waals surface area contributed by atoms with Crippen LogP contribution in [0.5, 0.6) is 0 Å². The summed E-state index contributed by atoms with van der Waals surface area (Å²) in [5.74, 6) is -1.53. The van der Waals surface area contributed by atoms with Crippen molar-refractivity contribution >= 4 is 21.7 Å². The lowest BCUT2D eigenvalue weighted by Gasteiger charge is -2.25. The van der Waals surface area contributed by atoms with Crippen molar-refractivity contribution in [3.05, 3.63) is 0 Å². The first-order valence-corrected chi connectivity index (χ1v) is 7.75. The van der Waals surface area contributed by atoms with Crippen molar-refractivity contribution < 1.29 is 23.1 Å². The Bertz CT molecular complexity index is 444. The summed E-state index contributed by atoms with van der Waals surface area (Å²) in [6.45, 7) is 3.12. The maximum absolute atomic E-state index is 11.7. The van der Waals surface area contributed by atoms with E-state index in [0.717, 1.165) is 0 Å². The first kappa shape index (κ1) is 14.9. The van der Waals surface area contributed by atoms with Gasteiger partial charge >= 0.3 is 5.97 Å². The Morgan fingerprint density at radius 3 is 2.44 bits per heavy atom. The molecule has 0 radical (unpaired) electrons. The van der Waals surface area contributed by atoms with Crippen molar-refractivity contribution in [1.82, 2.24) is 5.32 Å². The van der Waals surface area contributed by atoms with Crippen molar-refractivity contribution in [2.75, 3.05) is 11.5 Å². The number of hydrogen-bond acceptors (Lipinski definition) is 4. The van der Waals surface area contributed by atoms with Crippen LogP contribution in [0.15, 0.2) is 0 Å². The lowest BCUT2D eigenvalue weighted by molar-refractivity contribution is -0.147. The molecule has 0 aromatic heterocycles. The highest BCUT2D eigenvalue weighted by Crippen LogP contribution is 2.22. The van der Waals surface area contributed by atoms with Gasteiger partial charge in [0.1, 0.15) is 5.54 Å². The molecule has 1 aliphatic rings. The van der Waals surface area contributed by atoms with Gasteiger partial charge in [-0.25, -0.2) is 13.2 Å². The molecular weight excluding hydrogens is 258 g/mol. The van der Waals surface area contributed by atoms with E-state index < -0.39 is 27.3 Å². The molecule has 2 atom stereocenters. The number of carboxylic acids is 1. The van der Waals surface area contributed by atoms with E-state index in [1.165, 1.54) is 6.92 Å². The number of amides is 1. The lowest BCUT2D eigenvalue weighted by atomic mass is 9.97. The van der Waals surface area contributed by atoms with Crippen LogP contribution in [0.25, 0.3) is 0 Å². The van der Waals surface area contributed by atoms with Gasteiger partial charge < -0.3 is 10.4 Å². The van der Waals surface area contributed by atoms with E-state index in [2.05, 4.69) is 5.32 Å².